The smallest absolute Gasteiger partial charge is 0.339 e. The van der Waals surface area contributed by atoms with Crippen molar-refractivity contribution in [1.82, 2.24) is 5.16 Å². The van der Waals surface area contributed by atoms with Crippen LogP contribution in [-0.4, -0.2) is 25.3 Å². The molecule has 1 aromatic heterocycles. The number of esters is 1. The van der Waals surface area contributed by atoms with E-state index in [-0.39, 0.29) is 22.8 Å². The van der Waals surface area contributed by atoms with E-state index in [1.54, 1.807) is 18.2 Å². The van der Waals surface area contributed by atoms with Crippen molar-refractivity contribution in [2.75, 3.05) is 5.75 Å². The molecule has 0 aliphatic carbocycles. The van der Waals surface area contributed by atoms with Gasteiger partial charge in [0, 0.05) is 11.6 Å². The van der Waals surface area contributed by atoms with Crippen molar-refractivity contribution >= 4 is 15.8 Å². The van der Waals surface area contributed by atoms with E-state index in [1.807, 2.05) is 30.3 Å². The Balaban J connectivity index is 1.74. The van der Waals surface area contributed by atoms with E-state index in [4.69, 9.17) is 9.26 Å². The van der Waals surface area contributed by atoms with Crippen molar-refractivity contribution in [1.29, 1.82) is 0 Å². The maximum absolute atomic E-state index is 12.3. The third-order valence-electron chi connectivity index (χ3n) is 3.79. The number of benzene rings is 2. The Labute approximate surface area is 151 Å². The summed E-state index contributed by atoms with van der Waals surface area (Å²) in [5.41, 5.74) is 1.31. The van der Waals surface area contributed by atoms with Crippen LogP contribution in [0.3, 0.4) is 0 Å². The van der Waals surface area contributed by atoms with Gasteiger partial charge >= 0.3 is 5.97 Å². The van der Waals surface area contributed by atoms with Crippen molar-refractivity contribution in [2.45, 2.75) is 18.4 Å². The molecule has 0 spiro atoms. The van der Waals surface area contributed by atoms with E-state index in [9.17, 15) is 13.2 Å². The minimum atomic E-state index is -3.52. The van der Waals surface area contributed by atoms with Gasteiger partial charge < -0.3 is 9.26 Å². The van der Waals surface area contributed by atoms with Crippen LogP contribution in [0.1, 0.15) is 23.0 Å². The lowest BCUT2D eigenvalue weighted by Gasteiger charge is -2.08. The number of ether oxygens (including phenoxy) is 1. The molecule has 0 aliphatic heterocycles. The van der Waals surface area contributed by atoms with Crippen LogP contribution >= 0.6 is 0 Å². The predicted molar refractivity (Wildman–Crippen MR) is 95.2 cm³/mol. The van der Waals surface area contributed by atoms with Crippen LogP contribution in [0.25, 0.3) is 11.3 Å². The molecule has 0 saturated carbocycles. The molecule has 134 valence electrons. The number of nitrogens with zero attached hydrogens (tertiary/aromatic N) is 1. The van der Waals surface area contributed by atoms with Gasteiger partial charge in [-0.2, -0.15) is 0 Å². The second kappa shape index (κ2) is 7.53. The zero-order chi connectivity index (χ0) is 18.6. The largest absolute Gasteiger partial charge is 0.455 e. The first kappa shape index (κ1) is 17.9. The first-order valence-electron chi connectivity index (χ1n) is 8.01. The van der Waals surface area contributed by atoms with Crippen LogP contribution in [0.4, 0.5) is 0 Å². The summed E-state index contributed by atoms with van der Waals surface area (Å²) in [5.74, 6) is -0.256. The number of sulfone groups is 1. The molecule has 3 rings (SSSR count). The standard InChI is InChI=1S/C19H17NO5S/c1-2-26(22,23)18-11-7-6-10-16(18)19(21)24-13-15-12-17(25-20-15)14-8-4-3-5-9-14/h3-12H,2,13H2,1H3. The van der Waals surface area contributed by atoms with Crippen LogP contribution in [0.5, 0.6) is 0 Å². The van der Waals surface area contributed by atoms with Crippen LogP contribution < -0.4 is 0 Å². The summed E-state index contributed by atoms with van der Waals surface area (Å²) in [5, 5.41) is 3.88. The van der Waals surface area contributed by atoms with Crippen LogP contribution in [0.15, 0.2) is 70.1 Å². The van der Waals surface area contributed by atoms with Gasteiger partial charge in [0.15, 0.2) is 15.6 Å². The maximum atomic E-state index is 12.3. The fourth-order valence-corrected chi connectivity index (χ4v) is 3.48. The molecule has 6 nitrogen and oxygen atoms in total. The second-order valence-electron chi connectivity index (χ2n) is 5.52. The Kier molecular flexibility index (Phi) is 5.18. The van der Waals surface area contributed by atoms with E-state index >= 15 is 0 Å². The number of carbonyl (C=O) groups excluding carboxylic acids is 1. The summed E-state index contributed by atoms with van der Waals surface area (Å²) in [6, 6.07) is 17.1. The summed E-state index contributed by atoms with van der Waals surface area (Å²) in [6.07, 6.45) is 0. The number of hydrogen-bond acceptors (Lipinski definition) is 6. The Morgan fingerprint density at radius 2 is 1.77 bits per heavy atom. The van der Waals surface area contributed by atoms with Gasteiger partial charge in [-0.15, -0.1) is 0 Å². The van der Waals surface area contributed by atoms with Crippen molar-refractivity contribution < 1.29 is 22.5 Å². The highest BCUT2D eigenvalue weighted by Gasteiger charge is 2.21. The van der Waals surface area contributed by atoms with Crippen molar-refractivity contribution in [3.63, 3.8) is 0 Å². The number of aromatic nitrogens is 1. The molecule has 0 radical (unpaired) electrons. The molecular weight excluding hydrogens is 354 g/mol. The third-order valence-corrected chi connectivity index (χ3v) is 5.58. The number of carbonyl (C=O) groups is 1. The molecule has 0 aliphatic rings. The zero-order valence-corrected chi connectivity index (χ0v) is 14.9. The number of rotatable bonds is 6. The molecule has 26 heavy (non-hydrogen) atoms. The molecule has 0 amide bonds. The minimum Gasteiger partial charge on any atom is -0.455 e. The monoisotopic (exact) mass is 371 g/mol. The van der Waals surface area contributed by atoms with Gasteiger partial charge in [0.25, 0.3) is 0 Å². The molecule has 2 aromatic carbocycles. The van der Waals surface area contributed by atoms with Gasteiger partial charge in [-0.25, -0.2) is 13.2 Å². The molecule has 0 bridgehead atoms. The summed E-state index contributed by atoms with van der Waals surface area (Å²) in [4.78, 5) is 12.3. The number of hydrogen-bond donors (Lipinski definition) is 0. The topological polar surface area (TPSA) is 86.5 Å². The van der Waals surface area contributed by atoms with E-state index in [0.29, 0.717) is 11.5 Å². The fraction of sp³-hybridized carbons (Fsp3) is 0.158. The van der Waals surface area contributed by atoms with E-state index in [0.717, 1.165) is 5.56 Å². The lowest BCUT2D eigenvalue weighted by molar-refractivity contribution is 0.0459. The second-order valence-corrected chi connectivity index (χ2v) is 7.77. The SMILES string of the molecule is CCS(=O)(=O)c1ccccc1C(=O)OCc1cc(-c2ccccc2)on1. The molecule has 3 aromatic rings. The van der Waals surface area contributed by atoms with Crippen molar-refractivity contribution in [2.24, 2.45) is 0 Å². The highest BCUT2D eigenvalue weighted by molar-refractivity contribution is 7.91. The van der Waals surface area contributed by atoms with Gasteiger partial charge in [0.1, 0.15) is 12.3 Å². The average Bonchev–Trinajstić information content (AvgIpc) is 3.16. The molecule has 0 saturated heterocycles. The average molecular weight is 371 g/mol. The first-order valence-corrected chi connectivity index (χ1v) is 9.66. The Morgan fingerprint density at radius 1 is 1.08 bits per heavy atom. The summed E-state index contributed by atoms with van der Waals surface area (Å²) >= 11 is 0. The molecule has 0 unspecified atom stereocenters. The summed E-state index contributed by atoms with van der Waals surface area (Å²) in [7, 11) is -3.52. The Hall–Kier alpha value is -2.93. The van der Waals surface area contributed by atoms with Crippen LogP contribution in [0.2, 0.25) is 0 Å². The fourth-order valence-electron chi connectivity index (χ4n) is 2.40. The van der Waals surface area contributed by atoms with Crippen LogP contribution in [-0.2, 0) is 21.2 Å². The lowest BCUT2D eigenvalue weighted by Crippen LogP contribution is -2.13. The maximum Gasteiger partial charge on any atom is 0.339 e. The zero-order valence-electron chi connectivity index (χ0n) is 14.1. The molecule has 0 fully saturated rings. The first-order chi connectivity index (χ1) is 12.5. The van der Waals surface area contributed by atoms with Crippen molar-refractivity contribution in [3.8, 4) is 11.3 Å². The van der Waals surface area contributed by atoms with E-state index < -0.39 is 15.8 Å². The molecule has 1 heterocycles. The highest BCUT2D eigenvalue weighted by atomic mass is 32.2. The predicted octanol–water partition coefficient (Wildman–Crippen LogP) is 3.49. The third kappa shape index (κ3) is 3.83. The molecule has 0 atom stereocenters. The van der Waals surface area contributed by atoms with E-state index in [1.165, 1.54) is 19.1 Å². The van der Waals surface area contributed by atoms with Gasteiger partial charge in [-0.3, -0.25) is 0 Å². The van der Waals surface area contributed by atoms with Gasteiger partial charge in [-0.05, 0) is 12.1 Å². The van der Waals surface area contributed by atoms with E-state index in [2.05, 4.69) is 5.16 Å². The summed E-state index contributed by atoms with van der Waals surface area (Å²) in [6.45, 7) is 1.41. The van der Waals surface area contributed by atoms with Crippen LogP contribution in [0, 0.1) is 0 Å². The normalized spacial score (nSPS) is 11.3. The van der Waals surface area contributed by atoms with Gasteiger partial charge in [0.2, 0.25) is 0 Å². The van der Waals surface area contributed by atoms with Gasteiger partial charge in [-0.1, -0.05) is 54.5 Å². The minimum absolute atomic E-state index is 0.0149. The quantitative estimate of drug-likeness (QED) is 0.617. The Bertz CT molecular complexity index is 1010. The van der Waals surface area contributed by atoms with Gasteiger partial charge in [0.05, 0.1) is 16.2 Å². The molecule has 7 heteroatoms. The summed E-state index contributed by atoms with van der Waals surface area (Å²) < 4.78 is 34.7. The molecular formula is C19H17NO5S. The highest BCUT2D eigenvalue weighted by Crippen LogP contribution is 2.21. The lowest BCUT2D eigenvalue weighted by atomic mass is 10.2. The molecule has 0 N–H and O–H groups in total. The Morgan fingerprint density at radius 3 is 2.50 bits per heavy atom. The van der Waals surface area contributed by atoms with Crippen molar-refractivity contribution in [3.05, 3.63) is 71.9 Å².